The Morgan fingerprint density at radius 3 is 2.00 bits per heavy atom. The van der Waals surface area contributed by atoms with Crippen molar-refractivity contribution in [3.63, 3.8) is 0 Å². The molecule has 10 aromatic rings. The molecule has 49 heavy (non-hydrogen) atoms. The van der Waals surface area contributed by atoms with Gasteiger partial charge in [-0.2, -0.15) is 0 Å². The SMILES string of the molecule is c1cc(-c2ccc(N(c3ccc4c(c3)oc3ccccc34)c3cccc4sc5ccccc5c34)cc2)cc(-c2cccc3ccccc23)c1. The van der Waals surface area contributed by atoms with Crippen LogP contribution in [0.5, 0.6) is 0 Å². The largest absolute Gasteiger partial charge is 0.456 e. The lowest BCUT2D eigenvalue weighted by Crippen LogP contribution is -2.10. The van der Waals surface area contributed by atoms with Crippen molar-refractivity contribution in [2.24, 2.45) is 0 Å². The van der Waals surface area contributed by atoms with E-state index < -0.39 is 0 Å². The first kappa shape index (κ1) is 27.9. The minimum absolute atomic E-state index is 0.882. The zero-order valence-electron chi connectivity index (χ0n) is 26.5. The Morgan fingerprint density at radius 1 is 0.408 bits per heavy atom. The molecule has 10 rings (SSSR count). The van der Waals surface area contributed by atoms with E-state index in [2.05, 4.69) is 169 Å². The average molecular weight is 644 g/mol. The lowest BCUT2D eigenvalue weighted by atomic mass is 9.95. The van der Waals surface area contributed by atoms with Crippen LogP contribution in [-0.2, 0) is 0 Å². The van der Waals surface area contributed by atoms with E-state index in [0.717, 1.165) is 39.0 Å². The Hall–Kier alpha value is -6.16. The average Bonchev–Trinajstić information content (AvgIpc) is 3.74. The molecular weight excluding hydrogens is 615 g/mol. The second-order valence-corrected chi connectivity index (χ2v) is 13.6. The number of fused-ring (bicyclic) bond motifs is 7. The summed E-state index contributed by atoms with van der Waals surface area (Å²) in [4.78, 5) is 2.38. The Morgan fingerprint density at radius 2 is 1.08 bits per heavy atom. The number of rotatable bonds is 5. The molecule has 0 saturated heterocycles. The van der Waals surface area contributed by atoms with Gasteiger partial charge in [-0.1, -0.05) is 115 Å². The third-order valence-corrected chi connectivity index (χ3v) is 10.8. The summed E-state index contributed by atoms with van der Waals surface area (Å²) in [5, 5.41) is 7.32. The van der Waals surface area contributed by atoms with Gasteiger partial charge in [0, 0.05) is 48.4 Å². The lowest BCUT2D eigenvalue weighted by molar-refractivity contribution is 0.669. The molecule has 8 aromatic carbocycles. The van der Waals surface area contributed by atoms with Gasteiger partial charge in [0.2, 0.25) is 0 Å². The summed E-state index contributed by atoms with van der Waals surface area (Å²) >= 11 is 1.84. The number of hydrogen-bond donors (Lipinski definition) is 0. The fraction of sp³-hybridized carbons (Fsp3) is 0. The van der Waals surface area contributed by atoms with Gasteiger partial charge in [0.1, 0.15) is 11.2 Å². The molecule has 0 fully saturated rings. The molecule has 0 N–H and O–H groups in total. The van der Waals surface area contributed by atoms with Crippen molar-refractivity contribution in [1.82, 2.24) is 0 Å². The van der Waals surface area contributed by atoms with Crippen LogP contribution in [0.4, 0.5) is 17.1 Å². The molecule has 0 atom stereocenters. The second kappa shape index (κ2) is 11.2. The van der Waals surface area contributed by atoms with Crippen LogP contribution in [0, 0.1) is 0 Å². The number of thiophene rings is 1. The minimum Gasteiger partial charge on any atom is -0.456 e. The van der Waals surface area contributed by atoms with Crippen LogP contribution >= 0.6 is 11.3 Å². The molecule has 0 radical (unpaired) electrons. The molecule has 0 unspecified atom stereocenters. The summed E-state index contributed by atoms with van der Waals surface area (Å²) in [6.45, 7) is 0. The fourth-order valence-corrected chi connectivity index (χ4v) is 8.50. The van der Waals surface area contributed by atoms with Crippen molar-refractivity contribution in [2.75, 3.05) is 4.90 Å². The van der Waals surface area contributed by atoms with Gasteiger partial charge in [0.25, 0.3) is 0 Å². The van der Waals surface area contributed by atoms with Crippen LogP contribution in [0.1, 0.15) is 0 Å². The van der Waals surface area contributed by atoms with E-state index in [1.807, 2.05) is 23.5 Å². The van der Waals surface area contributed by atoms with Crippen molar-refractivity contribution in [1.29, 1.82) is 0 Å². The standard InChI is InChI=1S/C46H29NOS/c1-2-14-36-31(10-1)11-8-17-37(36)33-13-7-12-32(28-33)30-22-24-34(25-23-30)47(35-26-27-39-38-15-3-5-19-42(38)48-43(39)29-35)41-18-9-21-45-46(41)40-16-4-6-20-44(40)49-45/h1-29H. The van der Waals surface area contributed by atoms with Crippen LogP contribution in [0.3, 0.4) is 0 Å². The predicted octanol–water partition coefficient (Wildman–Crippen LogP) is 13.9. The van der Waals surface area contributed by atoms with E-state index in [9.17, 15) is 0 Å². The van der Waals surface area contributed by atoms with Gasteiger partial charge in [-0.25, -0.2) is 0 Å². The first-order valence-electron chi connectivity index (χ1n) is 16.6. The summed E-state index contributed by atoms with van der Waals surface area (Å²) in [6.07, 6.45) is 0. The molecule has 0 aliphatic heterocycles. The number of anilines is 3. The maximum absolute atomic E-state index is 6.38. The van der Waals surface area contributed by atoms with Crippen LogP contribution in [0.25, 0.3) is 75.1 Å². The Bertz CT molecular complexity index is 2840. The van der Waals surface area contributed by atoms with E-state index in [0.29, 0.717) is 0 Å². The molecule has 2 nitrogen and oxygen atoms in total. The van der Waals surface area contributed by atoms with E-state index in [-0.39, 0.29) is 0 Å². The number of furan rings is 1. The molecule has 3 heteroatoms. The quantitative estimate of drug-likeness (QED) is 0.186. The van der Waals surface area contributed by atoms with Gasteiger partial charge >= 0.3 is 0 Å². The normalized spacial score (nSPS) is 11.7. The maximum atomic E-state index is 6.38. The summed E-state index contributed by atoms with van der Waals surface area (Å²) in [6, 6.07) is 63.3. The molecule has 0 amide bonds. The molecule has 0 spiro atoms. The van der Waals surface area contributed by atoms with E-state index >= 15 is 0 Å². The highest BCUT2D eigenvalue weighted by molar-refractivity contribution is 7.26. The van der Waals surface area contributed by atoms with Crippen molar-refractivity contribution >= 4 is 81.3 Å². The smallest absolute Gasteiger partial charge is 0.137 e. The van der Waals surface area contributed by atoms with Gasteiger partial charge in [0.05, 0.1) is 5.69 Å². The van der Waals surface area contributed by atoms with Crippen LogP contribution in [0.15, 0.2) is 180 Å². The molecule has 0 aliphatic rings. The van der Waals surface area contributed by atoms with Crippen molar-refractivity contribution in [3.05, 3.63) is 176 Å². The molecule has 0 bridgehead atoms. The van der Waals surface area contributed by atoms with Crippen molar-refractivity contribution in [3.8, 4) is 22.3 Å². The molecule has 2 heterocycles. The van der Waals surface area contributed by atoms with E-state index in [1.54, 1.807) is 0 Å². The fourth-order valence-electron chi connectivity index (χ4n) is 7.37. The third kappa shape index (κ3) is 4.62. The van der Waals surface area contributed by atoms with Crippen LogP contribution < -0.4 is 4.90 Å². The maximum Gasteiger partial charge on any atom is 0.137 e. The van der Waals surface area contributed by atoms with Crippen LogP contribution in [-0.4, -0.2) is 0 Å². The zero-order chi connectivity index (χ0) is 32.3. The van der Waals surface area contributed by atoms with Crippen molar-refractivity contribution in [2.45, 2.75) is 0 Å². The topological polar surface area (TPSA) is 16.4 Å². The number of nitrogens with zero attached hydrogens (tertiary/aromatic N) is 1. The monoisotopic (exact) mass is 643 g/mol. The predicted molar refractivity (Wildman–Crippen MR) is 210 cm³/mol. The molecule has 2 aromatic heterocycles. The summed E-state index contributed by atoms with van der Waals surface area (Å²) < 4.78 is 8.95. The Labute approximate surface area is 287 Å². The van der Waals surface area contributed by atoms with Crippen LogP contribution in [0.2, 0.25) is 0 Å². The number of benzene rings is 8. The number of hydrogen-bond acceptors (Lipinski definition) is 3. The van der Waals surface area contributed by atoms with E-state index in [1.165, 1.54) is 53.2 Å². The Balaban J connectivity index is 1.12. The highest BCUT2D eigenvalue weighted by Gasteiger charge is 2.20. The number of para-hydroxylation sites is 1. The van der Waals surface area contributed by atoms with Gasteiger partial charge in [-0.15, -0.1) is 11.3 Å². The molecule has 0 aliphatic carbocycles. The minimum atomic E-state index is 0.882. The lowest BCUT2D eigenvalue weighted by Gasteiger charge is -2.26. The second-order valence-electron chi connectivity index (χ2n) is 12.5. The molecular formula is C46H29NOS. The first-order valence-corrected chi connectivity index (χ1v) is 17.4. The Kier molecular flexibility index (Phi) is 6.39. The van der Waals surface area contributed by atoms with Gasteiger partial charge in [0.15, 0.2) is 0 Å². The molecule has 0 saturated carbocycles. The van der Waals surface area contributed by atoms with E-state index in [4.69, 9.17) is 4.42 Å². The zero-order valence-corrected chi connectivity index (χ0v) is 27.3. The first-order chi connectivity index (χ1) is 24.3. The van der Waals surface area contributed by atoms with Gasteiger partial charge in [-0.3, -0.25) is 0 Å². The van der Waals surface area contributed by atoms with Crippen molar-refractivity contribution < 1.29 is 4.42 Å². The molecule has 230 valence electrons. The highest BCUT2D eigenvalue weighted by atomic mass is 32.1. The highest BCUT2D eigenvalue weighted by Crippen LogP contribution is 2.46. The van der Waals surface area contributed by atoms with Gasteiger partial charge < -0.3 is 9.32 Å². The van der Waals surface area contributed by atoms with Gasteiger partial charge in [-0.05, 0) is 87.6 Å². The third-order valence-electron chi connectivity index (χ3n) is 9.66. The summed E-state index contributed by atoms with van der Waals surface area (Å²) in [5.74, 6) is 0. The summed E-state index contributed by atoms with van der Waals surface area (Å²) in [5.41, 5.74) is 9.92. The summed E-state index contributed by atoms with van der Waals surface area (Å²) in [7, 11) is 0.